The van der Waals surface area contributed by atoms with Crippen LogP contribution in [0.4, 0.5) is 0 Å². The normalized spacial score (nSPS) is 16.8. The van der Waals surface area contributed by atoms with Gasteiger partial charge >= 0.3 is 0 Å². The Balaban J connectivity index is 1.81. The highest BCUT2D eigenvalue weighted by Gasteiger charge is 2.25. The van der Waals surface area contributed by atoms with Crippen LogP contribution in [0.1, 0.15) is 23.4 Å². The Morgan fingerprint density at radius 3 is 2.80 bits per heavy atom. The van der Waals surface area contributed by atoms with E-state index in [9.17, 15) is 4.79 Å². The molecule has 1 aromatic carbocycles. The minimum atomic E-state index is -0.0245. The summed E-state index contributed by atoms with van der Waals surface area (Å²) in [7, 11) is 0. The Bertz CT molecular complexity index is 630. The molecule has 1 fully saturated rings. The average Bonchev–Trinajstić information content (AvgIpc) is 2.92. The second kappa shape index (κ2) is 5.58. The van der Waals surface area contributed by atoms with Gasteiger partial charge < -0.3 is 15.1 Å². The largest absolute Gasteiger partial charge is 0.450 e. The number of benzene rings is 1. The molecule has 4 nitrogen and oxygen atoms in total. The number of furan rings is 1. The lowest BCUT2D eigenvalue weighted by molar-refractivity contribution is 0.0663. The van der Waals surface area contributed by atoms with Crippen molar-refractivity contribution in [2.45, 2.75) is 12.8 Å². The summed E-state index contributed by atoms with van der Waals surface area (Å²) in [5, 5.41) is 0.944. The summed E-state index contributed by atoms with van der Waals surface area (Å²) in [6.07, 6.45) is 1.96. The Labute approximate surface area is 126 Å². The second-order valence-electron chi connectivity index (χ2n) is 5.24. The Hall–Kier alpha value is -1.33. The van der Waals surface area contributed by atoms with Gasteiger partial charge in [-0.2, -0.15) is 0 Å². The summed E-state index contributed by atoms with van der Waals surface area (Å²) >= 11 is 3.44. The van der Waals surface area contributed by atoms with Crippen molar-refractivity contribution in [1.29, 1.82) is 0 Å². The molecule has 0 radical (unpaired) electrons. The quantitative estimate of drug-likeness (QED) is 0.916. The first-order valence-electron chi connectivity index (χ1n) is 6.86. The number of fused-ring (bicyclic) bond motifs is 1. The molecule has 2 heterocycles. The first kappa shape index (κ1) is 13.6. The van der Waals surface area contributed by atoms with Crippen molar-refractivity contribution in [3.8, 4) is 0 Å². The fourth-order valence-corrected chi connectivity index (χ4v) is 3.12. The molecule has 0 saturated carbocycles. The van der Waals surface area contributed by atoms with Crippen molar-refractivity contribution < 1.29 is 9.21 Å². The van der Waals surface area contributed by atoms with E-state index in [1.54, 1.807) is 0 Å². The topological polar surface area (TPSA) is 59.5 Å². The third kappa shape index (κ3) is 2.47. The van der Waals surface area contributed by atoms with Crippen LogP contribution < -0.4 is 5.73 Å². The van der Waals surface area contributed by atoms with Gasteiger partial charge in [0.15, 0.2) is 5.76 Å². The minimum Gasteiger partial charge on any atom is -0.450 e. The number of hydrogen-bond donors (Lipinski definition) is 1. The van der Waals surface area contributed by atoms with Crippen LogP contribution in [0, 0.1) is 5.92 Å². The lowest BCUT2D eigenvalue weighted by atomic mass is 9.97. The maximum atomic E-state index is 12.5. The van der Waals surface area contributed by atoms with E-state index in [1.165, 1.54) is 0 Å². The summed E-state index contributed by atoms with van der Waals surface area (Å²) in [4.78, 5) is 14.3. The van der Waals surface area contributed by atoms with E-state index in [4.69, 9.17) is 10.2 Å². The van der Waals surface area contributed by atoms with Gasteiger partial charge in [0.05, 0.1) is 4.47 Å². The highest BCUT2D eigenvalue weighted by Crippen LogP contribution is 2.28. The molecule has 2 N–H and O–H groups in total. The standard InChI is InChI=1S/C15H17BrN2O2/c16-12-3-1-2-11-8-13(20-14(11)12)15(19)18-6-4-10(9-17)5-7-18/h1-3,8,10H,4-7,9,17H2. The van der Waals surface area contributed by atoms with Crippen LogP contribution in [0.25, 0.3) is 11.0 Å². The first-order chi connectivity index (χ1) is 9.69. The van der Waals surface area contributed by atoms with Crippen molar-refractivity contribution >= 4 is 32.8 Å². The number of carbonyl (C=O) groups is 1. The summed E-state index contributed by atoms with van der Waals surface area (Å²) in [5.41, 5.74) is 6.41. The zero-order chi connectivity index (χ0) is 14.1. The van der Waals surface area contributed by atoms with Crippen molar-refractivity contribution in [2.24, 2.45) is 11.7 Å². The summed E-state index contributed by atoms with van der Waals surface area (Å²) in [6, 6.07) is 7.61. The molecule has 20 heavy (non-hydrogen) atoms. The SMILES string of the molecule is NCC1CCN(C(=O)c2cc3cccc(Br)c3o2)CC1. The molecule has 0 aliphatic carbocycles. The number of piperidine rings is 1. The summed E-state index contributed by atoms with van der Waals surface area (Å²) < 4.78 is 6.58. The number of nitrogens with two attached hydrogens (primary N) is 1. The molecule has 5 heteroatoms. The van der Waals surface area contributed by atoms with Crippen LogP contribution in [0.15, 0.2) is 33.2 Å². The van der Waals surface area contributed by atoms with Gasteiger partial charge in [0.2, 0.25) is 0 Å². The predicted molar refractivity (Wildman–Crippen MR) is 81.6 cm³/mol. The van der Waals surface area contributed by atoms with Crippen molar-refractivity contribution in [2.75, 3.05) is 19.6 Å². The van der Waals surface area contributed by atoms with Gasteiger partial charge in [-0.3, -0.25) is 4.79 Å². The molecule has 1 aliphatic rings. The van der Waals surface area contributed by atoms with E-state index in [2.05, 4.69) is 15.9 Å². The Kier molecular flexibility index (Phi) is 3.81. The predicted octanol–water partition coefficient (Wildman–Crippen LogP) is 3.01. The monoisotopic (exact) mass is 336 g/mol. The fourth-order valence-electron chi connectivity index (χ4n) is 2.66. The van der Waals surface area contributed by atoms with E-state index in [0.717, 1.165) is 41.4 Å². The number of rotatable bonds is 2. The lowest BCUT2D eigenvalue weighted by Crippen LogP contribution is -2.39. The molecule has 0 spiro atoms. The number of halogens is 1. The highest BCUT2D eigenvalue weighted by molar-refractivity contribution is 9.10. The maximum absolute atomic E-state index is 12.5. The molecular weight excluding hydrogens is 320 g/mol. The van der Waals surface area contributed by atoms with Gasteiger partial charge in [0, 0.05) is 18.5 Å². The Morgan fingerprint density at radius 2 is 2.15 bits per heavy atom. The van der Waals surface area contributed by atoms with Crippen molar-refractivity contribution in [3.63, 3.8) is 0 Å². The van der Waals surface area contributed by atoms with E-state index >= 15 is 0 Å². The number of hydrogen-bond acceptors (Lipinski definition) is 3. The molecule has 1 aliphatic heterocycles. The Morgan fingerprint density at radius 1 is 1.40 bits per heavy atom. The molecule has 1 saturated heterocycles. The zero-order valence-electron chi connectivity index (χ0n) is 11.1. The molecular formula is C15H17BrN2O2. The lowest BCUT2D eigenvalue weighted by Gasteiger charge is -2.30. The van der Waals surface area contributed by atoms with Crippen LogP contribution in [0.5, 0.6) is 0 Å². The van der Waals surface area contributed by atoms with Gasteiger partial charge in [-0.15, -0.1) is 0 Å². The molecule has 3 rings (SSSR count). The van der Waals surface area contributed by atoms with Crippen LogP contribution in [-0.4, -0.2) is 30.4 Å². The number of likely N-dealkylation sites (tertiary alicyclic amines) is 1. The van der Waals surface area contributed by atoms with Crippen LogP contribution in [0.2, 0.25) is 0 Å². The summed E-state index contributed by atoms with van der Waals surface area (Å²) in [6.45, 7) is 2.23. The van der Waals surface area contributed by atoms with Crippen LogP contribution >= 0.6 is 15.9 Å². The zero-order valence-corrected chi connectivity index (χ0v) is 12.7. The molecule has 0 atom stereocenters. The van der Waals surface area contributed by atoms with E-state index < -0.39 is 0 Å². The maximum Gasteiger partial charge on any atom is 0.289 e. The molecule has 0 bridgehead atoms. The first-order valence-corrected chi connectivity index (χ1v) is 7.65. The van der Waals surface area contributed by atoms with E-state index in [1.807, 2.05) is 29.2 Å². The van der Waals surface area contributed by atoms with Crippen molar-refractivity contribution in [3.05, 3.63) is 34.5 Å². The fraction of sp³-hybridized carbons (Fsp3) is 0.400. The van der Waals surface area contributed by atoms with Gasteiger partial charge in [-0.1, -0.05) is 12.1 Å². The van der Waals surface area contributed by atoms with Crippen LogP contribution in [-0.2, 0) is 0 Å². The number of carbonyl (C=O) groups excluding carboxylic acids is 1. The second-order valence-corrected chi connectivity index (χ2v) is 6.09. The molecule has 2 aromatic rings. The van der Waals surface area contributed by atoms with Gasteiger partial charge in [0.25, 0.3) is 5.91 Å². The highest BCUT2D eigenvalue weighted by atomic mass is 79.9. The molecule has 0 unspecified atom stereocenters. The smallest absolute Gasteiger partial charge is 0.289 e. The van der Waals surface area contributed by atoms with Gasteiger partial charge in [0.1, 0.15) is 5.58 Å². The van der Waals surface area contributed by atoms with Crippen molar-refractivity contribution in [1.82, 2.24) is 4.90 Å². The molecule has 1 amide bonds. The number of para-hydroxylation sites is 1. The van der Waals surface area contributed by atoms with E-state index in [-0.39, 0.29) is 5.91 Å². The van der Waals surface area contributed by atoms with E-state index in [0.29, 0.717) is 18.2 Å². The third-order valence-corrected chi connectivity index (χ3v) is 4.57. The van der Waals surface area contributed by atoms with Crippen LogP contribution in [0.3, 0.4) is 0 Å². The molecule has 1 aromatic heterocycles. The number of nitrogens with zero attached hydrogens (tertiary/aromatic N) is 1. The third-order valence-electron chi connectivity index (χ3n) is 3.94. The average molecular weight is 337 g/mol. The minimum absolute atomic E-state index is 0.0245. The van der Waals surface area contributed by atoms with Gasteiger partial charge in [-0.05, 0) is 53.4 Å². The summed E-state index contributed by atoms with van der Waals surface area (Å²) in [5.74, 6) is 0.936. The molecule has 106 valence electrons. The number of amides is 1. The van der Waals surface area contributed by atoms with Gasteiger partial charge in [-0.25, -0.2) is 0 Å².